The van der Waals surface area contributed by atoms with Crippen LogP contribution in [0.3, 0.4) is 0 Å². The first-order valence-electron chi connectivity index (χ1n) is 5.05. The molecule has 0 saturated carbocycles. The van der Waals surface area contributed by atoms with Gasteiger partial charge in [-0.2, -0.15) is 0 Å². The lowest BCUT2D eigenvalue weighted by molar-refractivity contribution is 0.0600. The van der Waals surface area contributed by atoms with Crippen LogP contribution in [0.4, 0.5) is 9.18 Å². The van der Waals surface area contributed by atoms with E-state index in [1.165, 1.54) is 32.5 Å². The standard InChI is InChI=1S/C12H10FNO4/c1-17-11(15)7-5-9(13)8-3-4-14(10(8)6-7)12(16)18-2/h3-6H,1-2H3. The number of halogens is 1. The van der Waals surface area contributed by atoms with E-state index in [4.69, 9.17) is 0 Å². The third kappa shape index (κ3) is 1.81. The predicted molar refractivity (Wildman–Crippen MR) is 61.0 cm³/mol. The SMILES string of the molecule is COC(=O)c1cc(F)c2ccn(C(=O)OC)c2c1. The van der Waals surface area contributed by atoms with E-state index in [1.54, 1.807) is 0 Å². The van der Waals surface area contributed by atoms with Crippen LogP contribution in [0, 0.1) is 5.82 Å². The highest BCUT2D eigenvalue weighted by molar-refractivity contribution is 5.97. The van der Waals surface area contributed by atoms with Crippen molar-refractivity contribution >= 4 is 23.0 Å². The number of ether oxygens (including phenoxy) is 2. The van der Waals surface area contributed by atoms with Gasteiger partial charge in [-0.25, -0.2) is 14.0 Å². The molecule has 0 atom stereocenters. The maximum atomic E-state index is 13.8. The Hall–Kier alpha value is -2.37. The number of carbonyl (C=O) groups is 2. The van der Waals surface area contributed by atoms with Gasteiger partial charge in [0.15, 0.2) is 0 Å². The van der Waals surface area contributed by atoms with Crippen LogP contribution in [-0.4, -0.2) is 30.8 Å². The third-order valence-corrected chi connectivity index (χ3v) is 2.55. The highest BCUT2D eigenvalue weighted by atomic mass is 19.1. The third-order valence-electron chi connectivity index (χ3n) is 2.55. The molecular weight excluding hydrogens is 241 g/mol. The van der Waals surface area contributed by atoms with Crippen molar-refractivity contribution in [2.75, 3.05) is 14.2 Å². The zero-order chi connectivity index (χ0) is 13.3. The number of rotatable bonds is 1. The van der Waals surface area contributed by atoms with Crippen LogP contribution in [0.1, 0.15) is 10.4 Å². The van der Waals surface area contributed by atoms with Crippen molar-refractivity contribution in [1.29, 1.82) is 0 Å². The first-order chi connectivity index (χ1) is 8.58. The van der Waals surface area contributed by atoms with E-state index in [1.807, 2.05) is 0 Å². The topological polar surface area (TPSA) is 57.5 Å². The van der Waals surface area contributed by atoms with Gasteiger partial charge in [0.2, 0.25) is 0 Å². The highest BCUT2D eigenvalue weighted by Gasteiger charge is 2.16. The van der Waals surface area contributed by atoms with Gasteiger partial charge in [-0.15, -0.1) is 0 Å². The van der Waals surface area contributed by atoms with Crippen molar-refractivity contribution in [2.45, 2.75) is 0 Å². The fourth-order valence-corrected chi connectivity index (χ4v) is 1.69. The van der Waals surface area contributed by atoms with Crippen molar-refractivity contribution in [1.82, 2.24) is 4.57 Å². The Morgan fingerprint density at radius 2 is 1.94 bits per heavy atom. The second kappa shape index (κ2) is 4.48. The molecule has 0 bridgehead atoms. The van der Waals surface area contributed by atoms with Crippen LogP contribution in [0.15, 0.2) is 24.4 Å². The molecule has 0 fully saturated rings. The molecule has 1 heterocycles. The van der Waals surface area contributed by atoms with E-state index in [0.29, 0.717) is 0 Å². The molecule has 2 aromatic rings. The molecule has 5 nitrogen and oxygen atoms in total. The summed E-state index contributed by atoms with van der Waals surface area (Å²) in [4.78, 5) is 22.8. The van der Waals surface area contributed by atoms with Gasteiger partial charge in [0.05, 0.1) is 25.3 Å². The second-order valence-electron chi connectivity index (χ2n) is 3.54. The number of methoxy groups -OCH3 is 2. The van der Waals surface area contributed by atoms with E-state index >= 15 is 0 Å². The molecule has 0 unspecified atom stereocenters. The molecule has 0 radical (unpaired) electrons. The molecule has 0 aliphatic carbocycles. The van der Waals surface area contributed by atoms with Gasteiger partial charge in [0, 0.05) is 11.6 Å². The summed E-state index contributed by atoms with van der Waals surface area (Å²) in [7, 11) is 2.42. The molecular formula is C12H10FNO4. The number of esters is 1. The lowest BCUT2D eigenvalue weighted by Crippen LogP contribution is -2.10. The molecule has 1 aromatic heterocycles. The molecule has 94 valence electrons. The normalized spacial score (nSPS) is 10.4. The summed E-state index contributed by atoms with van der Waals surface area (Å²) in [5.41, 5.74) is 0.286. The molecule has 0 aliphatic heterocycles. The summed E-state index contributed by atoms with van der Waals surface area (Å²) in [6, 6.07) is 3.87. The lowest BCUT2D eigenvalue weighted by Gasteiger charge is -2.04. The van der Waals surface area contributed by atoms with Crippen LogP contribution in [0.2, 0.25) is 0 Å². The zero-order valence-electron chi connectivity index (χ0n) is 9.77. The Morgan fingerprint density at radius 1 is 1.22 bits per heavy atom. The summed E-state index contributed by atoms with van der Waals surface area (Å²) in [6.07, 6.45) is 0.715. The van der Waals surface area contributed by atoms with Gasteiger partial charge in [0.25, 0.3) is 0 Å². The van der Waals surface area contributed by atoms with Gasteiger partial charge in [-0.05, 0) is 18.2 Å². The van der Waals surface area contributed by atoms with E-state index in [9.17, 15) is 14.0 Å². The van der Waals surface area contributed by atoms with Crippen LogP contribution in [0.25, 0.3) is 10.9 Å². The maximum absolute atomic E-state index is 13.8. The van der Waals surface area contributed by atoms with Gasteiger partial charge in [-0.3, -0.25) is 4.57 Å². The van der Waals surface area contributed by atoms with E-state index in [-0.39, 0.29) is 16.5 Å². The fourth-order valence-electron chi connectivity index (χ4n) is 1.69. The summed E-state index contributed by atoms with van der Waals surface area (Å²) in [5, 5.41) is 0.230. The number of carbonyl (C=O) groups excluding carboxylic acids is 2. The van der Waals surface area contributed by atoms with Gasteiger partial charge in [0.1, 0.15) is 5.82 Å². The Balaban J connectivity index is 2.68. The van der Waals surface area contributed by atoms with Crippen LogP contribution >= 0.6 is 0 Å². The van der Waals surface area contributed by atoms with E-state index < -0.39 is 17.9 Å². The molecule has 1 aromatic carbocycles. The van der Waals surface area contributed by atoms with Crippen molar-refractivity contribution < 1.29 is 23.5 Å². The second-order valence-corrected chi connectivity index (χ2v) is 3.54. The quantitative estimate of drug-likeness (QED) is 0.729. The molecule has 0 saturated heterocycles. The summed E-state index contributed by atoms with van der Waals surface area (Å²) in [6.45, 7) is 0. The average molecular weight is 251 g/mol. The number of nitrogens with zero attached hydrogens (tertiary/aromatic N) is 1. The molecule has 0 amide bonds. The summed E-state index contributed by atoms with van der Waals surface area (Å²) >= 11 is 0. The van der Waals surface area contributed by atoms with Crippen LogP contribution < -0.4 is 0 Å². The molecule has 6 heteroatoms. The maximum Gasteiger partial charge on any atom is 0.418 e. The van der Waals surface area contributed by atoms with Crippen molar-refractivity contribution in [3.8, 4) is 0 Å². The largest absolute Gasteiger partial charge is 0.465 e. The summed E-state index contributed by atoms with van der Waals surface area (Å²) in [5.74, 6) is -1.27. The molecule has 0 N–H and O–H groups in total. The Morgan fingerprint density at radius 3 is 2.56 bits per heavy atom. The minimum absolute atomic E-state index is 0.0337. The number of hydrogen-bond donors (Lipinski definition) is 0. The van der Waals surface area contributed by atoms with E-state index in [0.717, 1.165) is 10.6 Å². The molecule has 18 heavy (non-hydrogen) atoms. The van der Waals surface area contributed by atoms with Crippen LogP contribution in [0.5, 0.6) is 0 Å². The lowest BCUT2D eigenvalue weighted by atomic mass is 10.1. The minimum atomic E-state index is -0.673. The zero-order valence-corrected chi connectivity index (χ0v) is 9.77. The molecule has 0 aliphatic rings. The van der Waals surface area contributed by atoms with Gasteiger partial charge in [-0.1, -0.05) is 0 Å². The fraction of sp³-hybridized carbons (Fsp3) is 0.167. The average Bonchev–Trinajstić information content (AvgIpc) is 2.81. The Labute approximate surface area is 102 Å². The van der Waals surface area contributed by atoms with Crippen molar-refractivity contribution in [2.24, 2.45) is 0 Å². The minimum Gasteiger partial charge on any atom is -0.465 e. The van der Waals surface area contributed by atoms with Crippen molar-refractivity contribution in [3.63, 3.8) is 0 Å². The Bertz CT molecular complexity index is 632. The first-order valence-corrected chi connectivity index (χ1v) is 5.05. The number of aromatic nitrogens is 1. The van der Waals surface area contributed by atoms with Gasteiger partial charge >= 0.3 is 12.1 Å². The number of hydrogen-bond acceptors (Lipinski definition) is 4. The smallest absolute Gasteiger partial charge is 0.418 e. The van der Waals surface area contributed by atoms with E-state index in [2.05, 4.69) is 9.47 Å². The first kappa shape index (κ1) is 12.1. The Kier molecular flexibility index (Phi) is 3.01. The predicted octanol–water partition coefficient (Wildman–Crippen LogP) is 2.18. The van der Waals surface area contributed by atoms with Crippen LogP contribution in [-0.2, 0) is 9.47 Å². The number of fused-ring (bicyclic) bond motifs is 1. The molecule has 2 rings (SSSR count). The highest BCUT2D eigenvalue weighted by Crippen LogP contribution is 2.22. The van der Waals surface area contributed by atoms with Gasteiger partial charge < -0.3 is 9.47 Å². The molecule has 0 spiro atoms. The summed E-state index contributed by atoms with van der Waals surface area (Å²) < 4.78 is 23.9. The number of benzene rings is 1. The van der Waals surface area contributed by atoms with Crippen molar-refractivity contribution in [3.05, 3.63) is 35.8 Å². The monoisotopic (exact) mass is 251 g/mol.